The van der Waals surface area contributed by atoms with Crippen molar-refractivity contribution in [2.75, 3.05) is 38.2 Å². The largest absolute Gasteiger partial charge is 0.495 e. The number of amides is 1. The summed E-state index contributed by atoms with van der Waals surface area (Å²) in [5.74, 6) is 0.937. The monoisotopic (exact) mass is 366 g/mol. The first-order valence-electron chi connectivity index (χ1n) is 9.34. The third-order valence-corrected chi connectivity index (χ3v) is 5.07. The first-order valence-corrected chi connectivity index (χ1v) is 9.34. The average Bonchev–Trinajstić information content (AvgIpc) is 2.72. The van der Waals surface area contributed by atoms with Gasteiger partial charge in [-0.15, -0.1) is 0 Å². The minimum absolute atomic E-state index is 0.0362. The number of rotatable bonds is 6. The van der Waals surface area contributed by atoms with E-state index in [-0.39, 0.29) is 24.5 Å². The number of Topliss-reactive ketones (excluding diaryl/α,β-unsaturated/α-hetero) is 1. The van der Waals surface area contributed by atoms with Gasteiger partial charge in [0.15, 0.2) is 5.78 Å². The predicted molar refractivity (Wildman–Crippen MR) is 107 cm³/mol. The number of ether oxygens (including phenoxy) is 1. The van der Waals surface area contributed by atoms with E-state index in [0.29, 0.717) is 18.7 Å². The molecule has 0 unspecified atom stereocenters. The Morgan fingerprint density at radius 1 is 0.926 bits per heavy atom. The molecule has 0 aliphatic carbocycles. The Hall–Kier alpha value is -2.82. The van der Waals surface area contributed by atoms with Crippen molar-refractivity contribution in [3.63, 3.8) is 0 Å². The first kappa shape index (κ1) is 19.0. The molecule has 1 aliphatic heterocycles. The fourth-order valence-corrected chi connectivity index (χ4v) is 3.49. The molecule has 0 spiro atoms. The summed E-state index contributed by atoms with van der Waals surface area (Å²) < 4.78 is 5.43. The smallest absolute Gasteiger partial charge is 0.223 e. The number of benzene rings is 2. The molecule has 1 amide bonds. The van der Waals surface area contributed by atoms with Crippen LogP contribution in [-0.2, 0) is 4.79 Å². The lowest BCUT2D eigenvalue weighted by molar-refractivity contribution is -0.131. The van der Waals surface area contributed by atoms with Crippen LogP contribution in [0.25, 0.3) is 0 Å². The highest BCUT2D eigenvalue weighted by atomic mass is 16.5. The molecule has 1 heterocycles. The Morgan fingerprint density at radius 3 is 2.30 bits per heavy atom. The van der Waals surface area contributed by atoms with Crippen LogP contribution in [0.15, 0.2) is 48.5 Å². The first-order chi connectivity index (χ1) is 13.1. The minimum Gasteiger partial charge on any atom is -0.495 e. The van der Waals surface area contributed by atoms with Crippen molar-refractivity contribution in [1.82, 2.24) is 4.90 Å². The molecule has 1 fully saturated rings. The maximum absolute atomic E-state index is 12.5. The lowest BCUT2D eigenvalue weighted by atomic mass is 10.0. The van der Waals surface area contributed by atoms with Gasteiger partial charge in [-0.1, -0.05) is 36.4 Å². The zero-order valence-electron chi connectivity index (χ0n) is 16.0. The van der Waals surface area contributed by atoms with Crippen molar-refractivity contribution < 1.29 is 14.3 Å². The lowest BCUT2D eigenvalue weighted by Gasteiger charge is -2.36. The summed E-state index contributed by atoms with van der Waals surface area (Å²) in [6, 6.07) is 15.5. The summed E-state index contributed by atoms with van der Waals surface area (Å²) in [5, 5.41) is 0. The van der Waals surface area contributed by atoms with Gasteiger partial charge in [0.2, 0.25) is 5.91 Å². The van der Waals surface area contributed by atoms with E-state index in [1.165, 1.54) is 0 Å². The molecule has 2 aromatic carbocycles. The van der Waals surface area contributed by atoms with Crippen molar-refractivity contribution in [2.24, 2.45) is 0 Å². The lowest BCUT2D eigenvalue weighted by Crippen LogP contribution is -2.48. The van der Waals surface area contributed by atoms with E-state index >= 15 is 0 Å². The van der Waals surface area contributed by atoms with Crippen LogP contribution in [0.1, 0.15) is 28.8 Å². The van der Waals surface area contributed by atoms with Crippen molar-refractivity contribution in [3.05, 3.63) is 59.7 Å². The van der Waals surface area contributed by atoms with Gasteiger partial charge in [-0.3, -0.25) is 9.59 Å². The van der Waals surface area contributed by atoms with Gasteiger partial charge in [0.25, 0.3) is 0 Å². The van der Waals surface area contributed by atoms with Crippen LogP contribution in [0.4, 0.5) is 5.69 Å². The highest BCUT2D eigenvalue weighted by Gasteiger charge is 2.23. The molecule has 27 heavy (non-hydrogen) atoms. The van der Waals surface area contributed by atoms with Crippen LogP contribution >= 0.6 is 0 Å². The Bertz CT molecular complexity index is 811. The Balaban J connectivity index is 1.51. The van der Waals surface area contributed by atoms with Crippen LogP contribution in [0.5, 0.6) is 5.75 Å². The normalized spacial score (nSPS) is 14.1. The van der Waals surface area contributed by atoms with E-state index in [0.717, 1.165) is 30.1 Å². The number of ketones is 1. The van der Waals surface area contributed by atoms with Crippen LogP contribution in [0, 0.1) is 6.92 Å². The van der Waals surface area contributed by atoms with E-state index in [2.05, 4.69) is 4.90 Å². The number of methoxy groups -OCH3 is 1. The molecule has 5 nitrogen and oxygen atoms in total. The molecule has 3 rings (SSSR count). The van der Waals surface area contributed by atoms with Crippen LogP contribution in [-0.4, -0.2) is 49.9 Å². The topological polar surface area (TPSA) is 49.9 Å². The molecule has 0 radical (unpaired) electrons. The van der Waals surface area contributed by atoms with Gasteiger partial charge in [-0.2, -0.15) is 0 Å². The highest BCUT2D eigenvalue weighted by Crippen LogP contribution is 2.28. The molecule has 0 N–H and O–H groups in total. The van der Waals surface area contributed by atoms with Gasteiger partial charge in [0, 0.05) is 44.6 Å². The van der Waals surface area contributed by atoms with E-state index in [9.17, 15) is 9.59 Å². The second kappa shape index (κ2) is 8.71. The number of aryl methyl sites for hydroxylation is 1. The Kier molecular flexibility index (Phi) is 6.12. The SMILES string of the molecule is COc1ccccc1N1CCN(C(=O)CCC(=O)c2ccccc2C)CC1. The summed E-state index contributed by atoms with van der Waals surface area (Å²) in [6.07, 6.45) is 0.526. The number of hydrogen-bond acceptors (Lipinski definition) is 4. The van der Waals surface area contributed by atoms with Gasteiger partial charge >= 0.3 is 0 Å². The Labute approximate surface area is 160 Å². The van der Waals surface area contributed by atoms with Crippen LogP contribution in [0.3, 0.4) is 0 Å². The summed E-state index contributed by atoms with van der Waals surface area (Å²) in [4.78, 5) is 29.0. The van der Waals surface area contributed by atoms with Gasteiger partial charge in [-0.05, 0) is 24.6 Å². The van der Waals surface area contributed by atoms with Gasteiger partial charge in [0.1, 0.15) is 5.75 Å². The van der Waals surface area contributed by atoms with Crippen LogP contribution in [0.2, 0.25) is 0 Å². The standard InChI is InChI=1S/C22H26N2O3/c1-17-7-3-4-8-18(17)20(25)11-12-22(26)24-15-13-23(14-16-24)19-9-5-6-10-21(19)27-2/h3-10H,11-16H2,1-2H3. The fourth-order valence-electron chi connectivity index (χ4n) is 3.49. The minimum atomic E-state index is 0.0362. The van der Waals surface area contributed by atoms with Gasteiger partial charge in [-0.25, -0.2) is 0 Å². The molecule has 142 valence electrons. The van der Waals surface area contributed by atoms with Gasteiger partial charge < -0.3 is 14.5 Å². The molecule has 0 atom stereocenters. The van der Waals surface area contributed by atoms with Crippen molar-refractivity contribution in [3.8, 4) is 5.75 Å². The molecule has 0 aromatic heterocycles. The molecule has 2 aromatic rings. The summed E-state index contributed by atoms with van der Waals surface area (Å²) >= 11 is 0. The zero-order valence-corrected chi connectivity index (χ0v) is 16.0. The zero-order chi connectivity index (χ0) is 19.2. The van der Waals surface area contributed by atoms with Crippen molar-refractivity contribution in [2.45, 2.75) is 19.8 Å². The van der Waals surface area contributed by atoms with E-state index in [1.807, 2.05) is 60.4 Å². The number of para-hydroxylation sites is 2. The summed E-state index contributed by atoms with van der Waals surface area (Å²) in [5.41, 5.74) is 2.73. The quantitative estimate of drug-likeness (QED) is 0.736. The van der Waals surface area contributed by atoms with Crippen LogP contribution < -0.4 is 9.64 Å². The average molecular weight is 366 g/mol. The molecular formula is C22H26N2O3. The molecular weight excluding hydrogens is 340 g/mol. The second-order valence-electron chi connectivity index (χ2n) is 6.78. The number of anilines is 1. The molecule has 0 bridgehead atoms. The maximum Gasteiger partial charge on any atom is 0.223 e. The van der Waals surface area contributed by atoms with E-state index < -0.39 is 0 Å². The number of carbonyl (C=O) groups excluding carboxylic acids is 2. The van der Waals surface area contributed by atoms with Gasteiger partial charge in [0.05, 0.1) is 12.8 Å². The van der Waals surface area contributed by atoms with Crippen molar-refractivity contribution in [1.29, 1.82) is 0 Å². The third-order valence-electron chi connectivity index (χ3n) is 5.07. The Morgan fingerprint density at radius 2 is 1.59 bits per heavy atom. The second-order valence-corrected chi connectivity index (χ2v) is 6.78. The molecule has 1 aliphatic rings. The third kappa shape index (κ3) is 4.48. The van der Waals surface area contributed by atoms with E-state index in [4.69, 9.17) is 4.74 Å². The number of piperazine rings is 1. The molecule has 0 saturated carbocycles. The molecule has 5 heteroatoms. The molecule has 1 saturated heterocycles. The van der Waals surface area contributed by atoms with Crippen molar-refractivity contribution >= 4 is 17.4 Å². The number of carbonyl (C=O) groups is 2. The highest BCUT2D eigenvalue weighted by molar-refractivity contribution is 5.99. The maximum atomic E-state index is 12.5. The number of nitrogens with zero attached hydrogens (tertiary/aromatic N) is 2. The predicted octanol–water partition coefficient (Wildman–Crippen LogP) is 3.32. The number of hydrogen-bond donors (Lipinski definition) is 0. The summed E-state index contributed by atoms with van der Waals surface area (Å²) in [6.45, 7) is 4.77. The summed E-state index contributed by atoms with van der Waals surface area (Å²) in [7, 11) is 1.67. The fraction of sp³-hybridized carbons (Fsp3) is 0.364. The van der Waals surface area contributed by atoms with E-state index in [1.54, 1.807) is 7.11 Å².